The molecular formula is C13H21NO4S. The minimum Gasteiger partial charge on any atom is -0.494 e. The van der Waals surface area contributed by atoms with E-state index in [1.807, 2.05) is 6.92 Å². The number of hydrogen-bond donors (Lipinski definition) is 2. The fourth-order valence-electron chi connectivity index (χ4n) is 1.37. The molecule has 1 aromatic rings. The van der Waals surface area contributed by atoms with E-state index >= 15 is 0 Å². The van der Waals surface area contributed by atoms with Crippen molar-refractivity contribution in [3.05, 3.63) is 23.8 Å². The molecule has 6 heteroatoms. The lowest BCUT2D eigenvalue weighted by molar-refractivity contribution is 0.267. The van der Waals surface area contributed by atoms with Crippen LogP contribution < -0.4 is 9.46 Å². The number of anilines is 1. The molecule has 19 heavy (non-hydrogen) atoms. The van der Waals surface area contributed by atoms with Gasteiger partial charge in [0.05, 0.1) is 18.0 Å². The molecule has 0 radical (unpaired) electrons. The lowest BCUT2D eigenvalue weighted by atomic mass is 10.2. The van der Waals surface area contributed by atoms with Crippen molar-refractivity contribution in [1.29, 1.82) is 0 Å². The van der Waals surface area contributed by atoms with Gasteiger partial charge >= 0.3 is 0 Å². The van der Waals surface area contributed by atoms with Gasteiger partial charge < -0.3 is 9.84 Å². The molecule has 2 N–H and O–H groups in total. The van der Waals surface area contributed by atoms with E-state index in [2.05, 4.69) is 4.72 Å². The number of ether oxygens (including phenoxy) is 1. The molecule has 0 fully saturated rings. The van der Waals surface area contributed by atoms with Crippen LogP contribution in [0, 0.1) is 0 Å². The summed E-state index contributed by atoms with van der Waals surface area (Å²) in [5.74, 6) is 0.559. The Morgan fingerprint density at radius 2 is 1.95 bits per heavy atom. The molecule has 0 spiro atoms. The van der Waals surface area contributed by atoms with E-state index < -0.39 is 14.8 Å². The fourth-order valence-corrected chi connectivity index (χ4v) is 2.11. The summed E-state index contributed by atoms with van der Waals surface area (Å²) >= 11 is 0. The summed E-state index contributed by atoms with van der Waals surface area (Å²) in [6.45, 7) is 6.99. The van der Waals surface area contributed by atoms with Gasteiger partial charge in [0, 0.05) is 11.3 Å². The van der Waals surface area contributed by atoms with Crippen LogP contribution in [0.1, 0.15) is 33.3 Å². The molecule has 0 heterocycles. The van der Waals surface area contributed by atoms with Crippen molar-refractivity contribution in [2.24, 2.45) is 0 Å². The summed E-state index contributed by atoms with van der Waals surface area (Å²) in [7, 11) is -3.47. The second-order valence-corrected chi connectivity index (χ2v) is 7.57. The second-order valence-electron chi connectivity index (χ2n) is 5.13. The van der Waals surface area contributed by atoms with E-state index in [1.54, 1.807) is 39.0 Å². The zero-order valence-corrected chi connectivity index (χ0v) is 12.5. The second kappa shape index (κ2) is 5.79. The predicted molar refractivity (Wildman–Crippen MR) is 75.8 cm³/mol. The number of aliphatic hydroxyl groups is 1. The first-order valence-corrected chi connectivity index (χ1v) is 7.58. The molecule has 0 aromatic heterocycles. The van der Waals surface area contributed by atoms with Crippen LogP contribution in [0.15, 0.2) is 18.2 Å². The molecule has 0 unspecified atom stereocenters. The van der Waals surface area contributed by atoms with Crippen LogP contribution in [0.4, 0.5) is 5.69 Å². The first-order chi connectivity index (χ1) is 8.71. The maximum absolute atomic E-state index is 12.0. The molecule has 0 bridgehead atoms. The van der Waals surface area contributed by atoms with Gasteiger partial charge in [-0.3, -0.25) is 4.72 Å². The third-order valence-electron chi connectivity index (χ3n) is 2.59. The van der Waals surface area contributed by atoms with Crippen molar-refractivity contribution in [2.75, 3.05) is 11.3 Å². The van der Waals surface area contributed by atoms with Crippen molar-refractivity contribution in [3.8, 4) is 5.75 Å². The summed E-state index contributed by atoms with van der Waals surface area (Å²) in [4.78, 5) is 0. The van der Waals surface area contributed by atoms with Gasteiger partial charge in [0.2, 0.25) is 10.0 Å². The van der Waals surface area contributed by atoms with Gasteiger partial charge in [0.1, 0.15) is 5.75 Å². The van der Waals surface area contributed by atoms with Crippen LogP contribution in [0.5, 0.6) is 5.75 Å². The van der Waals surface area contributed by atoms with Crippen LogP contribution in [-0.2, 0) is 16.6 Å². The Balaban J connectivity index is 3.05. The molecule has 0 saturated carbocycles. The average molecular weight is 287 g/mol. The summed E-state index contributed by atoms with van der Waals surface area (Å²) in [6.07, 6.45) is 0. The number of rotatable bonds is 5. The minimum absolute atomic E-state index is 0.208. The maximum Gasteiger partial charge on any atom is 0.237 e. The Hall–Kier alpha value is -1.27. The summed E-state index contributed by atoms with van der Waals surface area (Å²) in [6, 6.07) is 4.84. The van der Waals surface area contributed by atoms with E-state index in [-0.39, 0.29) is 6.61 Å². The van der Waals surface area contributed by atoms with Gasteiger partial charge in [0.15, 0.2) is 0 Å². The van der Waals surface area contributed by atoms with Crippen molar-refractivity contribution in [3.63, 3.8) is 0 Å². The van der Waals surface area contributed by atoms with Crippen LogP contribution >= 0.6 is 0 Å². The highest BCUT2D eigenvalue weighted by molar-refractivity contribution is 7.94. The van der Waals surface area contributed by atoms with Gasteiger partial charge in [-0.05, 0) is 45.9 Å². The quantitative estimate of drug-likeness (QED) is 0.869. The number of sulfonamides is 1. The van der Waals surface area contributed by atoms with E-state index in [1.165, 1.54) is 0 Å². The maximum atomic E-state index is 12.0. The SMILES string of the molecule is CCOc1ccc(NS(=O)(=O)C(C)(C)C)cc1CO. The fraction of sp³-hybridized carbons (Fsp3) is 0.538. The largest absolute Gasteiger partial charge is 0.494 e. The number of hydrogen-bond acceptors (Lipinski definition) is 4. The minimum atomic E-state index is -3.47. The summed E-state index contributed by atoms with van der Waals surface area (Å²) in [5.41, 5.74) is 0.971. The number of aliphatic hydroxyl groups excluding tert-OH is 1. The van der Waals surface area contributed by atoms with E-state index in [9.17, 15) is 13.5 Å². The zero-order valence-electron chi connectivity index (χ0n) is 11.7. The van der Waals surface area contributed by atoms with E-state index in [0.717, 1.165) is 0 Å². The monoisotopic (exact) mass is 287 g/mol. The molecular weight excluding hydrogens is 266 g/mol. The van der Waals surface area contributed by atoms with Crippen molar-refractivity contribution >= 4 is 15.7 Å². The normalized spacial score (nSPS) is 12.3. The first kappa shape index (κ1) is 15.8. The van der Waals surface area contributed by atoms with Crippen LogP contribution in [0.3, 0.4) is 0 Å². The van der Waals surface area contributed by atoms with Crippen molar-refractivity contribution in [1.82, 2.24) is 0 Å². The highest BCUT2D eigenvalue weighted by Crippen LogP contribution is 2.25. The molecule has 0 saturated heterocycles. The smallest absolute Gasteiger partial charge is 0.237 e. The Kier molecular flexibility index (Phi) is 4.81. The first-order valence-electron chi connectivity index (χ1n) is 6.10. The van der Waals surface area contributed by atoms with Gasteiger partial charge in [-0.25, -0.2) is 8.42 Å². The molecule has 0 aliphatic heterocycles. The highest BCUT2D eigenvalue weighted by Gasteiger charge is 2.28. The molecule has 1 rings (SSSR count). The van der Waals surface area contributed by atoms with Crippen LogP contribution in [0.25, 0.3) is 0 Å². The average Bonchev–Trinajstić information content (AvgIpc) is 2.29. The lowest BCUT2D eigenvalue weighted by Gasteiger charge is -2.21. The van der Waals surface area contributed by atoms with Crippen LogP contribution in [-0.4, -0.2) is 24.9 Å². The molecule has 0 aliphatic carbocycles. The van der Waals surface area contributed by atoms with Gasteiger partial charge in [-0.1, -0.05) is 0 Å². The third kappa shape index (κ3) is 3.84. The molecule has 0 atom stereocenters. The van der Waals surface area contributed by atoms with E-state index in [4.69, 9.17) is 4.74 Å². The van der Waals surface area contributed by atoms with Crippen LogP contribution in [0.2, 0.25) is 0 Å². The molecule has 108 valence electrons. The van der Waals surface area contributed by atoms with Gasteiger partial charge in [-0.15, -0.1) is 0 Å². The van der Waals surface area contributed by atoms with Crippen molar-refractivity contribution < 1.29 is 18.3 Å². The topological polar surface area (TPSA) is 75.6 Å². The number of nitrogens with one attached hydrogen (secondary N) is 1. The van der Waals surface area contributed by atoms with Gasteiger partial charge in [0.25, 0.3) is 0 Å². The molecule has 0 amide bonds. The summed E-state index contributed by atoms with van der Waals surface area (Å²) in [5, 5.41) is 9.27. The zero-order chi connectivity index (χ0) is 14.7. The predicted octanol–water partition coefficient (Wildman–Crippen LogP) is 2.12. The Morgan fingerprint density at radius 1 is 1.32 bits per heavy atom. The molecule has 5 nitrogen and oxygen atoms in total. The third-order valence-corrected chi connectivity index (χ3v) is 4.71. The van der Waals surface area contributed by atoms with E-state index in [0.29, 0.717) is 23.6 Å². The summed E-state index contributed by atoms with van der Waals surface area (Å²) < 4.78 is 31.0. The lowest BCUT2D eigenvalue weighted by Crippen LogP contribution is -2.33. The Bertz CT molecular complexity index is 532. The molecule has 0 aliphatic rings. The van der Waals surface area contributed by atoms with Gasteiger partial charge in [-0.2, -0.15) is 0 Å². The van der Waals surface area contributed by atoms with Crippen molar-refractivity contribution in [2.45, 2.75) is 39.0 Å². The highest BCUT2D eigenvalue weighted by atomic mass is 32.2. The number of benzene rings is 1. The Morgan fingerprint density at radius 3 is 2.42 bits per heavy atom. The standard InChI is InChI=1S/C13H21NO4S/c1-5-18-12-7-6-11(8-10(12)9-15)14-19(16,17)13(2,3)4/h6-8,14-15H,5,9H2,1-4H3. The Labute approximate surface area is 114 Å². The molecule has 1 aromatic carbocycles.